The maximum Gasteiger partial charge on any atom is 0.226 e. The molecule has 0 unspecified atom stereocenters. The van der Waals surface area contributed by atoms with Crippen LogP contribution in [0.15, 0.2) is 9.66 Å². The quantitative estimate of drug-likeness (QED) is 0.764. The lowest BCUT2D eigenvalue weighted by atomic mass is 9.83. The second-order valence-electron chi connectivity index (χ2n) is 3.34. The van der Waals surface area contributed by atoms with E-state index in [9.17, 15) is 9.90 Å². The normalized spacial score (nSPS) is 15.9. The minimum absolute atomic E-state index is 0.493. The highest BCUT2D eigenvalue weighted by molar-refractivity contribution is 14.1. The fraction of sp³-hybridized carbons (Fsp3) is 0.625. The third-order valence-corrected chi connectivity index (χ3v) is 2.90. The average molecular weight is 283 g/mol. The van der Waals surface area contributed by atoms with Crippen molar-refractivity contribution in [1.29, 1.82) is 0 Å². The highest BCUT2D eigenvalue weighted by Gasteiger charge is 2.34. The van der Waals surface area contributed by atoms with Gasteiger partial charge in [0.05, 0.1) is 11.5 Å². The fourth-order valence-electron chi connectivity index (χ4n) is 0.764. The van der Waals surface area contributed by atoms with Crippen LogP contribution >= 0.6 is 22.6 Å². The molecule has 0 aromatic carbocycles. The summed E-state index contributed by atoms with van der Waals surface area (Å²) in [5.41, 5.74) is 4.99. The molecule has 70 valence electrons. The van der Waals surface area contributed by atoms with Gasteiger partial charge in [-0.2, -0.15) is 0 Å². The Bertz CT molecular complexity index is 211. The number of carbonyl (C=O) groups excluding carboxylic acids is 1. The standard InChI is InChI=1S/C8H14INO2/c1-5(4-9)6(11)8(2,3)7(10)12/h4,6,11H,1-3H3,(H2,10,12)/b5-4-/t6-/m1/s1. The van der Waals surface area contributed by atoms with E-state index in [4.69, 9.17) is 5.73 Å². The van der Waals surface area contributed by atoms with E-state index < -0.39 is 17.4 Å². The van der Waals surface area contributed by atoms with Crippen LogP contribution in [-0.4, -0.2) is 17.1 Å². The van der Waals surface area contributed by atoms with Crippen LogP contribution < -0.4 is 5.73 Å². The first-order valence-corrected chi connectivity index (χ1v) is 4.83. The second-order valence-corrected chi connectivity index (χ2v) is 3.96. The molecule has 0 rings (SSSR count). The molecule has 4 heteroatoms. The molecule has 0 aliphatic heterocycles. The van der Waals surface area contributed by atoms with Crippen molar-refractivity contribution < 1.29 is 9.90 Å². The predicted octanol–water partition coefficient (Wildman–Crippen LogP) is 1.20. The van der Waals surface area contributed by atoms with Crippen LogP contribution in [0.5, 0.6) is 0 Å². The maximum absolute atomic E-state index is 10.9. The number of amides is 1. The third-order valence-electron chi connectivity index (χ3n) is 1.92. The van der Waals surface area contributed by atoms with Crippen LogP contribution in [0.1, 0.15) is 20.8 Å². The van der Waals surface area contributed by atoms with Gasteiger partial charge in [-0.1, -0.05) is 22.6 Å². The van der Waals surface area contributed by atoms with Crippen molar-refractivity contribution in [2.45, 2.75) is 26.9 Å². The molecule has 0 heterocycles. The van der Waals surface area contributed by atoms with E-state index in [1.54, 1.807) is 24.9 Å². The van der Waals surface area contributed by atoms with Crippen molar-refractivity contribution in [1.82, 2.24) is 0 Å². The van der Waals surface area contributed by atoms with Crippen molar-refractivity contribution in [2.24, 2.45) is 11.1 Å². The predicted molar refractivity (Wildman–Crippen MR) is 56.8 cm³/mol. The molecule has 0 saturated carbocycles. The molecule has 0 aromatic rings. The topological polar surface area (TPSA) is 63.3 Å². The zero-order valence-electron chi connectivity index (χ0n) is 7.47. The van der Waals surface area contributed by atoms with Crippen LogP contribution in [0.3, 0.4) is 0 Å². The van der Waals surface area contributed by atoms with Gasteiger partial charge in [0.1, 0.15) is 0 Å². The van der Waals surface area contributed by atoms with E-state index in [-0.39, 0.29) is 0 Å². The van der Waals surface area contributed by atoms with Gasteiger partial charge in [-0.25, -0.2) is 0 Å². The minimum atomic E-state index is -0.897. The number of carbonyl (C=O) groups is 1. The van der Waals surface area contributed by atoms with E-state index in [0.717, 1.165) is 5.57 Å². The summed E-state index contributed by atoms with van der Waals surface area (Å²) in [6.45, 7) is 5.02. The summed E-state index contributed by atoms with van der Waals surface area (Å²) >= 11 is 2.02. The van der Waals surface area contributed by atoms with Crippen molar-refractivity contribution in [3.05, 3.63) is 9.66 Å². The van der Waals surface area contributed by atoms with Crippen molar-refractivity contribution in [3.63, 3.8) is 0 Å². The number of nitrogens with two attached hydrogens (primary N) is 1. The average Bonchev–Trinajstić information content (AvgIpc) is 2.01. The van der Waals surface area contributed by atoms with Crippen LogP contribution in [0.2, 0.25) is 0 Å². The number of aliphatic hydroxyl groups is 1. The molecule has 0 aliphatic carbocycles. The van der Waals surface area contributed by atoms with Gasteiger partial charge in [0.2, 0.25) is 5.91 Å². The Morgan fingerprint density at radius 3 is 2.33 bits per heavy atom. The summed E-state index contributed by atoms with van der Waals surface area (Å²) in [5.74, 6) is -0.493. The maximum atomic E-state index is 10.9. The first kappa shape index (κ1) is 11.9. The summed E-state index contributed by atoms with van der Waals surface area (Å²) in [6.07, 6.45) is -0.799. The number of rotatable bonds is 3. The van der Waals surface area contributed by atoms with Gasteiger partial charge < -0.3 is 10.8 Å². The molecule has 0 spiro atoms. The van der Waals surface area contributed by atoms with Gasteiger partial charge >= 0.3 is 0 Å². The lowest BCUT2D eigenvalue weighted by Crippen LogP contribution is -2.42. The largest absolute Gasteiger partial charge is 0.388 e. The molecule has 3 nitrogen and oxygen atoms in total. The summed E-state index contributed by atoms with van der Waals surface area (Å²) in [6, 6.07) is 0. The first-order valence-electron chi connectivity index (χ1n) is 3.59. The van der Waals surface area contributed by atoms with Crippen molar-refractivity contribution in [2.75, 3.05) is 0 Å². The van der Waals surface area contributed by atoms with Crippen LogP contribution in [-0.2, 0) is 4.79 Å². The van der Waals surface area contributed by atoms with E-state index in [1.807, 2.05) is 22.6 Å². The van der Waals surface area contributed by atoms with E-state index in [1.165, 1.54) is 0 Å². The molecule has 1 atom stereocenters. The molecular formula is C8H14INO2. The summed E-state index contributed by atoms with van der Waals surface area (Å²) < 4.78 is 1.74. The Kier molecular flexibility index (Phi) is 4.19. The summed E-state index contributed by atoms with van der Waals surface area (Å²) in [4.78, 5) is 10.9. The first-order chi connectivity index (χ1) is 5.34. The van der Waals surface area contributed by atoms with Gasteiger partial charge in [0, 0.05) is 0 Å². The second kappa shape index (κ2) is 4.23. The number of aliphatic hydroxyl groups excluding tert-OH is 1. The van der Waals surface area contributed by atoms with Gasteiger partial charge in [0.25, 0.3) is 0 Å². The molecule has 0 aromatic heterocycles. The van der Waals surface area contributed by atoms with Crippen molar-refractivity contribution >= 4 is 28.5 Å². The number of primary amides is 1. The molecule has 1 amide bonds. The lowest BCUT2D eigenvalue weighted by molar-refractivity contribution is -0.130. The number of halogens is 1. The Morgan fingerprint density at radius 2 is 2.08 bits per heavy atom. The summed E-state index contributed by atoms with van der Waals surface area (Å²) in [5, 5.41) is 9.64. The van der Waals surface area contributed by atoms with Crippen LogP contribution in [0.25, 0.3) is 0 Å². The molecule has 0 aliphatic rings. The lowest BCUT2D eigenvalue weighted by Gasteiger charge is -2.27. The summed E-state index contributed by atoms with van der Waals surface area (Å²) in [7, 11) is 0. The van der Waals surface area contributed by atoms with Crippen LogP contribution in [0, 0.1) is 5.41 Å². The van der Waals surface area contributed by atoms with Gasteiger partial charge in [-0.05, 0) is 30.4 Å². The fourth-order valence-corrected chi connectivity index (χ4v) is 1.10. The molecule has 0 bridgehead atoms. The highest BCUT2D eigenvalue weighted by Crippen LogP contribution is 2.25. The zero-order chi connectivity index (χ0) is 9.94. The Labute approximate surface area is 86.2 Å². The van der Waals surface area contributed by atoms with E-state index >= 15 is 0 Å². The minimum Gasteiger partial charge on any atom is -0.388 e. The van der Waals surface area contributed by atoms with Gasteiger partial charge in [-0.3, -0.25) is 4.79 Å². The van der Waals surface area contributed by atoms with Gasteiger partial charge in [0.15, 0.2) is 0 Å². The Balaban J connectivity index is 4.68. The third kappa shape index (κ3) is 2.45. The van der Waals surface area contributed by atoms with Gasteiger partial charge in [-0.15, -0.1) is 0 Å². The molecular weight excluding hydrogens is 269 g/mol. The number of hydrogen-bond acceptors (Lipinski definition) is 2. The molecule has 0 saturated heterocycles. The Morgan fingerprint density at radius 1 is 1.67 bits per heavy atom. The molecule has 0 radical (unpaired) electrons. The SMILES string of the molecule is C/C(=C/I)[C@@H](O)C(C)(C)C(N)=O. The van der Waals surface area contributed by atoms with E-state index in [2.05, 4.69) is 0 Å². The Hall–Kier alpha value is -0.100. The van der Waals surface area contributed by atoms with Crippen LogP contribution in [0.4, 0.5) is 0 Å². The molecule has 0 fully saturated rings. The van der Waals surface area contributed by atoms with Crippen molar-refractivity contribution in [3.8, 4) is 0 Å². The molecule has 12 heavy (non-hydrogen) atoms. The zero-order valence-corrected chi connectivity index (χ0v) is 9.62. The monoisotopic (exact) mass is 283 g/mol. The number of hydrogen-bond donors (Lipinski definition) is 2. The smallest absolute Gasteiger partial charge is 0.226 e. The van der Waals surface area contributed by atoms with E-state index in [0.29, 0.717) is 0 Å². The highest BCUT2D eigenvalue weighted by atomic mass is 127. The molecule has 3 N–H and O–H groups in total.